The molecule has 134 valence electrons. The van der Waals surface area contributed by atoms with Crippen LogP contribution >= 0.6 is 22.9 Å². The molecule has 0 spiro atoms. The van der Waals surface area contributed by atoms with Crippen LogP contribution in [-0.2, 0) is 16.0 Å². The van der Waals surface area contributed by atoms with Crippen LogP contribution in [0.25, 0.3) is 0 Å². The molecule has 0 fully saturated rings. The van der Waals surface area contributed by atoms with E-state index in [2.05, 4.69) is 26.1 Å². The molecule has 8 nitrogen and oxygen atoms in total. The van der Waals surface area contributed by atoms with Gasteiger partial charge in [0.15, 0.2) is 0 Å². The average molecular weight is 384 g/mol. The number of hydrogen-bond donors (Lipinski definition) is 3. The summed E-state index contributed by atoms with van der Waals surface area (Å²) in [5, 5.41) is 18.0. The van der Waals surface area contributed by atoms with Gasteiger partial charge in [-0.05, 0) is 25.1 Å². The van der Waals surface area contributed by atoms with E-state index in [0.717, 1.165) is 10.0 Å². The van der Waals surface area contributed by atoms with E-state index in [0.29, 0.717) is 29.4 Å². The molecule has 2 aromatic rings. The van der Waals surface area contributed by atoms with Gasteiger partial charge in [0.05, 0.1) is 10.7 Å². The largest absolute Gasteiger partial charge is 0.375 e. The maximum absolute atomic E-state index is 12.0. The molecule has 0 aliphatic carbocycles. The van der Waals surface area contributed by atoms with Crippen LogP contribution in [0.15, 0.2) is 18.2 Å². The molecule has 0 radical (unpaired) electrons. The Kier molecular flexibility index (Phi) is 7.11. The number of carbonyl (C=O) groups excluding carboxylic acids is 2. The molecular weight excluding hydrogens is 366 g/mol. The number of aromatic nitrogens is 2. The number of methoxy groups -OCH3 is 1. The number of nitrogens with zero attached hydrogens (tertiary/aromatic N) is 2. The number of ether oxygens (including phenoxy) is 1. The van der Waals surface area contributed by atoms with Crippen molar-refractivity contribution in [2.75, 3.05) is 30.9 Å². The molecule has 2 rings (SSSR count). The van der Waals surface area contributed by atoms with E-state index in [1.54, 1.807) is 18.2 Å². The quantitative estimate of drug-likeness (QED) is 0.681. The second-order valence-corrected chi connectivity index (χ2v) is 6.69. The van der Waals surface area contributed by atoms with Gasteiger partial charge in [0.1, 0.15) is 16.6 Å². The van der Waals surface area contributed by atoms with Gasteiger partial charge >= 0.3 is 6.03 Å². The Labute approximate surface area is 153 Å². The highest BCUT2D eigenvalue weighted by Gasteiger charge is 2.09. The van der Waals surface area contributed by atoms with E-state index in [1.165, 1.54) is 18.4 Å². The fourth-order valence-electron chi connectivity index (χ4n) is 1.91. The number of rotatable bonds is 7. The maximum atomic E-state index is 12.0. The van der Waals surface area contributed by atoms with Gasteiger partial charge in [-0.1, -0.05) is 11.6 Å². The Balaban J connectivity index is 1.87. The first kappa shape index (κ1) is 19.1. The van der Waals surface area contributed by atoms with Gasteiger partial charge in [-0.15, -0.1) is 21.5 Å². The van der Waals surface area contributed by atoms with Crippen molar-refractivity contribution in [3.05, 3.63) is 33.2 Å². The lowest BCUT2D eigenvalue weighted by atomic mass is 10.2. The number of aryl methyl sites for hydroxylation is 1. The predicted octanol–water partition coefficient (Wildman–Crippen LogP) is 2.45. The third-order valence-corrected chi connectivity index (χ3v) is 4.19. The molecule has 0 saturated carbocycles. The topological polar surface area (TPSA) is 105 Å². The molecule has 0 aliphatic rings. The summed E-state index contributed by atoms with van der Waals surface area (Å²) in [7, 11) is 1.43. The molecular formula is C15H18ClN5O3S. The number of urea groups is 1. The van der Waals surface area contributed by atoms with Crippen LogP contribution < -0.4 is 16.0 Å². The van der Waals surface area contributed by atoms with E-state index in [9.17, 15) is 9.59 Å². The zero-order chi connectivity index (χ0) is 18.2. The third-order valence-electron chi connectivity index (χ3n) is 2.97. The summed E-state index contributed by atoms with van der Waals surface area (Å²) in [4.78, 5) is 23.5. The van der Waals surface area contributed by atoms with Gasteiger partial charge in [0.25, 0.3) is 0 Å². The second kappa shape index (κ2) is 9.30. The summed E-state index contributed by atoms with van der Waals surface area (Å²) in [6.45, 7) is 2.24. The number of nitrogens with one attached hydrogen (secondary N) is 3. The van der Waals surface area contributed by atoms with E-state index >= 15 is 0 Å². The van der Waals surface area contributed by atoms with Crippen LogP contribution in [0.1, 0.15) is 10.0 Å². The van der Waals surface area contributed by atoms with E-state index in [-0.39, 0.29) is 12.5 Å². The summed E-state index contributed by atoms with van der Waals surface area (Å²) in [5.74, 6) is -0.299. The molecule has 3 N–H and O–H groups in total. The van der Waals surface area contributed by atoms with E-state index < -0.39 is 6.03 Å². The molecule has 0 saturated heterocycles. The van der Waals surface area contributed by atoms with Gasteiger partial charge in [0.2, 0.25) is 5.91 Å². The Morgan fingerprint density at radius 2 is 2.08 bits per heavy atom. The minimum Gasteiger partial charge on any atom is -0.375 e. The molecule has 0 aliphatic heterocycles. The minimum atomic E-state index is -0.400. The number of benzene rings is 1. The number of amides is 3. The minimum absolute atomic E-state index is 0.0586. The lowest BCUT2D eigenvalue weighted by Crippen LogP contribution is -2.30. The highest BCUT2D eigenvalue weighted by molar-refractivity contribution is 7.11. The Hall–Kier alpha value is -2.23. The molecule has 25 heavy (non-hydrogen) atoms. The molecule has 10 heteroatoms. The number of anilines is 2. The normalized spacial score (nSPS) is 10.4. The Morgan fingerprint density at radius 1 is 1.28 bits per heavy atom. The highest BCUT2D eigenvalue weighted by Crippen LogP contribution is 2.25. The monoisotopic (exact) mass is 383 g/mol. The summed E-state index contributed by atoms with van der Waals surface area (Å²) in [5.41, 5.74) is 0.896. The van der Waals surface area contributed by atoms with Crippen LogP contribution in [0.3, 0.4) is 0 Å². The van der Waals surface area contributed by atoms with E-state index in [1.807, 2.05) is 6.92 Å². The van der Waals surface area contributed by atoms with Gasteiger partial charge in [0, 0.05) is 25.8 Å². The first-order valence-electron chi connectivity index (χ1n) is 7.40. The zero-order valence-corrected chi connectivity index (χ0v) is 15.3. The SMILES string of the molecule is COCC(=O)Nc1ccc(Cl)c(NC(=O)NCCc2nnc(C)s2)c1. The maximum Gasteiger partial charge on any atom is 0.319 e. The smallest absolute Gasteiger partial charge is 0.319 e. The van der Waals surface area contributed by atoms with Crippen LogP contribution in [-0.4, -0.2) is 42.4 Å². The summed E-state index contributed by atoms with van der Waals surface area (Å²) in [6, 6.07) is 4.40. The zero-order valence-electron chi connectivity index (χ0n) is 13.8. The summed E-state index contributed by atoms with van der Waals surface area (Å²) >= 11 is 7.57. The number of hydrogen-bond acceptors (Lipinski definition) is 6. The lowest BCUT2D eigenvalue weighted by Gasteiger charge is -2.11. The Morgan fingerprint density at radius 3 is 2.76 bits per heavy atom. The van der Waals surface area contributed by atoms with Crippen LogP contribution in [0.2, 0.25) is 5.02 Å². The van der Waals surface area contributed by atoms with Gasteiger partial charge in [-0.2, -0.15) is 0 Å². The molecule has 1 aromatic carbocycles. The van der Waals surface area contributed by atoms with Crippen molar-refractivity contribution in [1.82, 2.24) is 15.5 Å². The van der Waals surface area contributed by atoms with Gasteiger partial charge < -0.3 is 20.7 Å². The first-order chi connectivity index (χ1) is 12.0. The first-order valence-corrected chi connectivity index (χ1v) is 8.59. The van der Waals surface area contributed by atoms with Crippen LogP contribution in [0, 0.1) is 6.92 Å². The fourth-order valence-corrected chi connectivity index (χ4v) is 2.79. The fraction of sp³-hybridized carbons (Fsp3) is 0.333. The van der Waals surface area contributed by atoms with Crippen molar-refractivity contribution in [2.45, 2.75) is 13.3 Å². The van der Waals surface area contributed by atoms with Crippen molar-refractivity contribution < 1.29 is 14.3 Å². The average Bonchev–Trinajstić information content (AvgIpc) is 2.96. The molecule has 0 unspecified atom stereocenters. The molecule has 0 atom stereocenters. The Bertz CT molecular complexity index is 753. The summed E-state index contributed by atoms with van der Waals surface area (Å²) < 4.78 is 4.75. The predicted molar refractivity (Wildman–Crippen MR) is 97.3 cm³/mol. The highest BCUT2D eigenvalue weighted by atomic mass is 35.5. The second-order valence-electron chi connectivity index (χ2n) is 5.02. The van der Waals surface area contributed by atoms with Crippen molar-refractivity contribution in [2.24, 2.45) is 0 Å². The standard InChI is InChI=1S/C15H18ClN5O3S/c1-9-20-21-14(25-9)5-6-17-15(23)19-12-7-10(3-4-11(12)16)18-13(22)8-24-2/h3-4,7H,5-6,8H2,1-2H3,(H,18,22)(H2,17,19,23). The third kappa shape index (κ3) is 6.29. The molecule has 1 heterocycles. The number of halogens is 1. The lowest BCUT2D eigenvalue weighted by molar-refractivity contribution is -0.119. The van der Waals surface area contributed by atoms with Crippen molar-refractivity contribution in [1.29, 1.82) is 0 Å². The van der Waals surface area contributed by atoms with Crippen molar-refractivity contribution >= 4 is 46.3 Å². The number of carbonyl (C=O) groups is 2. The van der Waals surface area contributed by atoms with Gasteiger partial charge in [-0.25, -0.2) is 4.79 Å². The van der Waals surface area contributed by atoms with Crippen molar-refractivity contribution in [3.8, 4) is 0 Å². The molecule has 1 aromatic heterocycles. The summed E-state index contributed by atoms with van der Waals surface area (Å²) in [6.07, 6.45) is 0.597. The van der Waals surface area contributed by atoms with E-state index in [4.69, 9.17) is 16.3 Å². The van der Waals surface area contributed by atoms with Gasteiger partial charge in [-0.3, -0.25) is 4.79 Å². The molecule has 0 bridgehead atoms. The molecule has 3 amide bonds. The van der Waals surface area contributed by atoms with Crippen LogP contribution in [0.4, 0.5) is 16.2 Å². The van der Waals surface area contributed by atoms with Crippen molar-refractivity contribution in [3.63, 3.8) is 0 Å². The van der Waals surface area contributed by atoms with Crippen LogP contribution in [0.5, 0.6) is 0 Å².